The summed E-state index contributed by atoms with van der Waals surface area (Å²) in [6.45, 7) is 2.51. The average Bonchev–Trinajstić information content (AvgIpc) is 3.05. The molecule has 0 unspecified atom stereocenters. The molecule has 0 aromatic carbocycles. The number of ether oxygens (including phenoxy) is 1. The van der Waals surface area contributed by atoms with E-state index in [0.29, 0.717) is 25.8 Å². The van der Waals surface area contributed by atoms with E-state index in [1.54, 1.807) is 11.1 Å². The van der Waals surface area contributed by atoms with Gasteiger partial charge in [-0.1, -0.05) is 0 Å². The Bertz CT molecular complexity index is 620. The molecule has 4 rings (SSSR count). The Balaban J connectivity index is 1.32. The lowest BCUT2D eigenvalue weighted by Crippen LogP contribution is -2.42. The zero-order chi connectivity index (χ0) is 15.6. The summed E-state index contributed by atoms with van der Waals surface area (Å²) in [5.74, 6) is 1.58. The Morgan fingerprint density at radius 2 is 2.30 bits per heavy atom. The van der Waals surface area contributed by atoms with Crippen LogP contribution in [0.25, 0.3) is 0 Å². The molecule has 1 aliphatic carbocycles. The maximum atomic E-state index is 10.4. The number of aliphatic hydroxyl groups is 1. The molecule has 2 aliphatic rings. The second-order valence-electron chi connectivity index (χ2n) is 6.57. The highest BCUT2D eigenvalue weighted by Gasteiger charge is 2.40. The molecule has 0 bridgehead atoms. The summed E-state index contributed by atoms with van der Waals surface area (Å²) in [6.07, 6.45) is 4.94. The van der Waals surface area contributed by atoms with Gasteiger partial charge < -0.3 is 14.3 Å². The third-order valence-corrected chi connectivity index (χ3v) is 5.76. The second-order valence-corrected chi connectivity index (χ2v) is 7.58. The van der Waals surface area contributed by atoms with Gasteiger partial charge in [0, 0.05) is 24.0 Å². The lowest BCUT2D eigenvalue weighted by molar-refractivity contribution is -0.00546. The van der Waals surface area contributed by atoms with Crippen LogP contribution in [0.15, 0.2) is 34.3 Å². The van der Waals surface area contributed by atoms with Crippen LogP contribution in [0.2, 0.25) is 0 Å². The normalized spacial score (nSPS) is 22.9. The van der Waals surface area contributed by atoms with E-state index in [2.05, 4.69) is 16.3 Å². The van der Waals surface area contributed by atoms with E-state index in [-0.39, 0.29) is 0 Å². The van der Waals surface area contributed by atoms with Crippen LogP contribution in [0.1, 0.15) is 35.1 Å². The molecule has 4 nitrogen and oxygen atoms in total. The van der Waals surface area contributed by atoms with E-state index in [9.17, 15) is 5.11 Å². The van der Waals surface area contributed by atoms with Crippen LogP contribution in [-0.2, 0) is 17.8 Å². The smallest absolute Gasteiger partial charge is 0.129 e. The SMILES string of the molecule is O[C@@H](COCc1ccco1)CN1CCc2sccc2[C@@H]1C1CC1. The van der Waals surface area contributed by atoms with E-state index >= 15 is 0 Å². The summed E-state index contributed by atoms with van der Waals surface area (Å²) in [6, 6.07) is 6.53. The molecular weight excluding hydrogens is 310 g/mol. The maximum Gasteiger partial charge on any atom is 0.129 e. The lowest BCUT2D eigenvalue weighted by Gasteiger charge is -2.37. The highest BCUT2D eigenvalue weighted by atomic mass is 32.1. The van der Waals surface area contributed by atoms with Crippen LogP contribution < -0.4 is 0 Å². The van der Waals surface area contributed by atoms with Crippen molar-refractivity contribution in [3.05, 3.63) is 46.0 Å². The molecule has 0 radical (unpaired) electrons. The van der Waals surface area contributed by atoms with Crippen molar-refractivity contribution in [1.82, 2.24) is 4.90 Å². The van der Waals surface area contributed by atoms with Crippen molar-refractivity contribution in [2.24, 2.45) is 5.92 Å². The lowest BCUT2D eigenvalue weighted by atomic mass is 9.95. The van der Waals surface area contributed by atoms with Gasteiger partial charge in [-0.25, -0.2) is 0 Å². The standard InChI is InChI=1S/C18H23NO3S/c20-14(11-21-12-15-2-1-8-22-15)10-19-7-5-17-16(6-9-23-17)18(19)13-3-4-13/h1-2,6,8-9,13-14,18,20H,3-5,7,10-12H2/t14-,18+/m1/s1. The molecule has 1 saturated carbocycles. The van der Waals surface area contributed by atoms with Gasteiger partial charge in [0.25, 0.3) is 0 Å². The summed E-state index contributed by atoms with van der Waals surface area (Å²) in [5.41, 5.74) is 1.51. The molecular formula is C18H23NO3S. The number of rotatable bonds is 7. The fraction of sp³-hybridized carbons (Fsp3) is 0.556. The molecule has 1 N–H and O–H groups in total. The molecule has 2 aromatic heterocycles. The minimum absolute atomic E-state index is 0.352. The molecule has 3 heterocycles. The van der Waals surface area contributed by atoms with Crippen molar-refractivity contribution in [3.63, 3.8) is 0 Å². The van der Waals surface area contributed by atoms with E-state index in [1.165, 1.54) is 18.4 Å². The van der Waals surface area contributed by atoms with Crippen molar-refractivity contribution >= 4 is 11.3 Å². The Labute approximate surface area is 140 Å². The highest BCUT2D eigenvalue weighted by Crippen LogP contribution is 2.48. The zero-order valence-corrected chi connectivity index (χ0v) is 14.0. The first-order valence-corrected chi connectivity index (χ1v) is 9.27. The van der Waals surface area contributed by atoms with Gasteiger partial charge >= 0.3 is 0 Å². The van der Waals surface area contributed by atoms with E-state index in [0.717, 1.165) is 24.6 Å². The predicted octanol–water partition coefficient (Wildman–Crippen LogP) is 3.23. The van der Waals surface area contributed by atoms with Gasteiger partial charge in [-0.3, -0.25) is 4.90 Å². The average molecular weight is 333 g/mol. The van der Waals surface area contributed by atoms with E-state index < -0.39 is 6.10 Å². The molecule has 2 aromatic rings. The van der Waals surface area contributed by atoms with Crippen molar-refractivity contribution in [1.29, 1.82) is 0 Å². The van der Waals surface area contributed by atoms with Gasteiger partial charge in [0.05, 0.1) is 19.0 Å². The van der Waals surface area contributed by atoms with Crippen LogP contribution in [0, 0.1) is 5.92 Å². The Hall–Kier alpha value is -1.14. The zero-order valence-electron chi connectivity index (χ0n) is 13.2. The first-order chi connectivity index (χ1) is 11.3. The van der Waals surface area contributed by atoms with Gasteiger partial charge in [0.1, 0.15) is 12.4 Å². The fourth-order valence-electron chi connectivity index (χ4n) is 3.58. The number of thiophene rings is 1. The minimum atomic E-state index is -0.452. The molecule has 5 heteroatoms. The molecule has 0 amide bonds. The minimum Gasteiger partial charge on any atom is -0.467 e. The van der Waals surface area contributed by atoms with E-state index in [1.807, 2.05) is 23.5 Å². The number of fused-ring (bicyclic) bond motifs is 1. The van der Waals surface area contributed by atoms with Crippen LogP contribution in [-0.4, -0.2) is 35.8 Å². The highest BCUT2D eigenvalue weighted by molar-refractivity contribution is 7.10. The summed E-state index contributed by atoms with van der Waals surface area (Å²) >= 11 is 1.88. The number of nitrogens with zero attached hydrogens (tertiary/aromatic N) is 1. The van der Waals surface area contributed by atoms with Gasteiger partial charge in [-0.2, -0.15) is 0 Å². The largest absolute Gasteiger partial charge is 0.467 e. The third kappa shape index (κ3) is 3.53. The van der Waals surface area contributed by atoms with Gasteiger partial charge in [-0.15, -0.1) is 11.3 Å². The summed E-state index contributed by atoms with van der Waals surface area (Å²) in [4.78, 5) is 4.01. The number of β-amino-alcohol motifs (C(OH)–C–C–N with tert-alkyl or cyclic N) is 1. The van der Waals surface area contributed by atoms with Crippen LogP contribution in [0.3, 0.4) is 0 Å². The molecule has 124 valence electrons. The third-order valence-electron chi connectivity index (χ3n) is 4.77. The monoisotopic (exact) mass is 333 g/mol. The Kier molecular flexibility index (Phi) is 4.53. The molecule has 0 saturated heterocycles. The summed E-state index contributed by atoms with van der Waals surface area (Å²) in [7, 11) is 0. The Morgan fingerprint density at radius 3 is 3.09 bits per heavy atom. The topological polar surface area (TPSA) is 45.8 Å². The maximum absolute atomic E-state index is 10.4. The first-order valence-electron chi connectivity index (χ1n) is 8.40. The van der Waals surface area contributed by atoms with Crippen molar-refractivity contribution < 1.29 is 14.3 Å². The van der Waals surface area contributed by atoms with Crippen LogP contribution >= 0.6 is 11.3 Å². The molecule has 1 aliphatic heterocycles. The molecule has 0 spiro atoms. The van der Waals surface area contributed by atoms with Crippen LogP contribution in [0.5, 0.6) is 0 Å². The Morgan fingerprint density at radius 1 is 1.39 bits per heavy atom. The molecule has 1 fully saturated rings. The van der Waals surface area contributed by atoms with E-state index in [4.69, 9.17) is 9.15 Å². The fourth-order valence-corrected chi connectivity index (χ4v) is 4.49. The summed E-state index contributed by atoms with van der Waals surface area (Å²) < 4.78 is 10.8. The van der Waals surface area contributed by atoms with Crippen molar-refractivity contribution in [3.8, 4) is 0 Å². The molecule has 2 atom stereocenters. The van der Waals surface area contributed by atoms with Crippen molar-refractivity contribution in [2.45, 2.75) is 38.0 Å². The number of hydrogen-bond acceptors (Lipinski definition) is 5. The summed E-state index contributed by atoms with van der Waals surface area (Å²) in [5, 5.41) is 12.6. The number of furan rings is 1. The number of aliphatic hydroxyl groups excluding tert-OH is 1. The predicted molar refractivity (Wildman–Crippen MR) is 89.4 cm³/mol. The van der Waals surface area contributed by atoms with Crippen LogP contribution in [0.4, 0.5) is 0 Å². The van der Waals surface area contributed by atoms with Crippen molar-refractivity contribution in [2.75, 3.05) is 19.7 Å². The second kappa shape index (κ2) is 6.77. The van der Waals surface area contributed by atoms with Gasteiger partial charge in [0.15, 0.2) is 0 Å². The number of hydrogen-bond donors (Lipinski definition) is 1. The van der Waals surface area contributed by atoms with Gasteiger partial charge in [-0.05, 0) is 54.3 Å². The quantitative estimate of drug-likeness (QED) is 0.845. The van der Waals surface area contributed by atoms with Gasteiger partial charge in [0.2, 0.25) is 0 Å². The molecule has 23 heavy (non-hydrogen) atoms. The first kappa shape index (κ1) is 15.4.